The molecule has 2 amide bonds. The number of hydrogen-bond donors (Lipinski definition) is 2. The molecule has 2 atom stereocenters. The first-order chi connectivity index (χ1) is 11.8. The standard InChI is InChI=1S/C19H25N3O3/c1-11(2)17(15-8-6-12(3)7-9-15)19(24)20-14(5)18(23)21-16-10-13(4)25-22-16/h6-11,14,17H,1-5H3,(H,20,24)(H,21,22,23)/t14-,17?/m0/s1. The van der Waals surface area contributed by atoms with Gasteiger partial charge in [0.2, 0.25) is 11.8 Å². The minimum atomic E-state index is -0.684. The van der Waals surface area contributed by atoms with Crippen LogP contribution in [0.3, 0.4) is 0 Å². The van der Waals surface area contributed by atoms with E-state index >= 15 is 0 Å². The van der Waals surface area contributed by atoms with Crippen molar-refractivity contribution in [2.24, 2.45) is 5.92 Å². The highest BCUT2D eigenvalue weighted by atomic mass is 16.5. The number of amides is 2. The number of nitrogens with one attached hydrogen (secondary N) is 2. The third kappa shape index (κ3) is 4.92. The van der Waals surface area contributed by atoms with E-state index in [-0.39, 0.29) is 23.7 Å². The van der Waals surface area contributed by atoms with Crippen LogP contribution in [0.15, 0.2) is 34.9 Å². The Labute approximate surface area is 148 Å². The highest BCUT2D eigenvalue weighted by Crippen LogP contribution is 2.25. The van der Waals surface area contributed by atoms with Gasteiger partial charge in [0.05, 0.1) is 5.92 Å². The molecule has 2 N–H and O–H groups in total. The summed E-state index contributed by atoms with van der Waals surface area (Å²) in [7, 11) is 0. The van der Waals surface area contributed by atoms with Crippen molar-refractivity contribution in [2.45, 2.75) is 46.6 Å². The first-order valence-corrected chi connectivity index (χ1v) is 8.39. The van der Waals surface area contributed by atoms with Gasteiger partial charge in [-0.3, -0.25) is 9.59 Å². The summed E-state index contributed by atoms with van der Waals surface area (Å²) in [4.78, 5) is 24.9. The van der Waals surface area contributed by atoms with Crippen molar-refractivity contribution in [1.29, 1.82) is 0 Å². The summed E-state index contributed by atoms with van der Waals surface area (Å²) >= 11 is 0. The zero-order chi connectivity index (χ0) is 18.6. The summed E-state index contributed by atoms with van der Waals surface area (Å²) in [6.07, 6.45) is 0. The third-order valence-corrected chi connectivity index (χ3v) is 4.02. The van der Waals surface area contributed by atoms with E-state index in [9.17, 15) is 9.59 Å². The summed E-state index contributed by atoms with van der Waals surface area (Å²) in [5.41, 5.74) is 2.08. The Bertz CT molecular complexity index is 735. The van der Waals surface area contributed by atoms with Crippen LogP contribution >= 0.6 is 0 Å². The lowest BCUT2D eigenvalue weighted by atomic mass is 9.87. The Morgan fingerprint density at radius 1 is 1.04 bits per heavy atom. The molecule has 0 saturated carbocycles. The van der Waals surface area contributed by atoms with E-state index in [0.29, 0.717) is 11.6 Å². The van der Waals surface area contributed by atoms with E-state index in [4.69, 9.17) is 4.52 Å². The van der Waals surface area contributed by atoms with Gasteiger partial charge in [-0.1, -0.05) is 48.8 Å². The van der Waals surface area contributed by atoms with E-state index in [2.05, 4.69) is 15.8 Å². The van der Waals surface area contributed by atoms with Gasteiger partial charge in [0.1, 0.15) is 11.8 Å². The maximum Gasteiger partial charge on any atom is 0.247 e. The number of carbonyl (C=O) groups excluding carboxylic acids is 2. The van der Waals surface area contributed by atoms with Crippen molar-refractivity contribution in [3.8, 4) is 0 Å². The molecule has 0 spiro atoms. The van der Waals surface area contributed by atoms with E-state index in [0.717, 1.165) is 11.1 Å². The fourth-order valence-corrected chi connectivity index (χ4v) is 2.64. The molecule has 6 nitrogen and oxygen atoms in total. The molecule has 1 aromatic heterocycles. The van der Waals surface area contributed by atoms with Crippen LogP contribution in [-0.4, -0.2) is 23.0 Å². The zero-order valence-electron chi connectivity index (χ0n) is 15.3. The van der Waals surface area contributed by atoms with Crippen LogP contribution in [0.25, 0.3) is 0 Å². The monoisotopic (exact) mass is 343 g/mol. The lowest BCUT2D eigenvalue weighted by molar-refractivity contribution is -0.127. The van der Waals surface area contributed by atoms with Crippen LogP contribution < -0.4 is 10.6 Å². The van der Waals surface area contributed by atoms with Gasteiger partial charge in [0.25, 0.3) is 0 Å². The molecule has 0 aliphatic heterocycles. The minimum Gasteiger partial charge on any atom is -0.360 e. The molecular formula is C19H25N3O3. The van der Waals surface area contributed by atoms with Crippen LogP contribution in [0, 0.1) is 19.8 Å². The van der Waals surface area contributed by atoms with Gasteiger partial charge in [0.15, 0.2) is 5.82 Å². The summed E-state index contributed by atoms with van der Waals surface area (Å²) in [6, 6.07) is 8.83. The minimum absolute atomic E-state index is 0.108. The summed E-state index contributed by atoms with van der Waals surface area (Å²) in [5.74, 6) is 0.223. The Balaban J connectivity index is 2.04. The lowest BCUT2D eigenvalue weighted by Crippen LogP contribution is -2.44. The van der Waals surface area contributed by atoms with Crippen LogP contribution in [0.1, 0.15) is 43.6 Å². The number of aryl methyl sites for hydroxylation is 2. The van der Waals surface area contributed by atoms with E-state index in [1.54, 1.807) is 19.9 Å². The number of aromatic nitrogens is 1. The molecular weight excluding hydrogens is 318 g/mol. The molecule has 1 aromatic carbocycles. The lowest BCUT2D eigenvalue weighted by Gasteiger charge is -2.23. The maximum atomic E-state index is 12.7. The molecule has 0 bridgehead atoms. The van der Waals surface area contributed by atoms with Crippen molar-refractivity contribution >= 4 is 17.6 Å². The third-order valence-electron chi connectivity index (χ3n) is 4.02. The second-order valence-corrected chi connectivity index (χ2v) is 6.67. The van der Waals surface area contributed by atoms with Crippen LogP contribution in [-0.2, 0) is 9.59 Å². The van der Waals surface area contributed by atoms with Crippen molar-refractivity contribution in [3.05, 3.63) is 47.2 Å². The molecule has 0 aliphatic rings. The average Bonchev–Trinajstić information content (AvgIpc) is 2.94. The van der Waals surface area contributed by atoms with E-state index in [1.807, 2.05) is 45.0 Å². The molecule has 6 heteroatoms. The molecule has 0 radical (unpaired) electrons. The van der Waals surface area contributed by atoms with Crippen LogP contribution in [0.4, 0.5) is 5.82 Å². The number of hydrogen-bond acceptors (Lipinski definition) is 4. The molecule has 2 aromatic rings. The molecule has 0 saturated heterocycles. The quantitative estimate of drug-likeness (QED) is 0.844. The number of benzene rings is 1. The van der Waals surface area contributed by atoms with Gasteiger partial charge < -0.3 is 15.2 Å². The SMILES string of the molecule is Cc1ccc(C(C(=O)N[C@@H](C)C(=O)Nc2cc(C)on2)C(C)C)cc1. The Kier molecular flexibility index (Phi) is 5.96. The molecule has 0 fully saturated rings. The van der Waals surface area contributed by atoms with Crippen molar-refractivity contribution in [3.63, 3.8) is 0 Å². The topological polar surface area (TPSA) is 84.2 Å². The predicted octanol–water partition coefficient (Wildman–Crippen LogP) is 3.17. The second kappa shape index (κ2) is 7.96. The Morgan fingerprint density at radius 2 is 1.68 bits per heavy atom. The van der Waals surface area contributed by atoms with Gasteiger partial charge in [-0.05, 0) is 32.3 Å². The summed E-state index contributed by atoms with van der Waals surface area (Å²) < 4.78 is 4.91. The maximum absolute atomic E-state index is 12.7. The van der Waals surface area contributed by atoms with Crippen molar-refractivity contribution in [1.82, 2.24) is 10.5 Å². The highest BCUT2D eigenvalue weighted by Gasteiger charge is 2.27. The number of anilines is 1. The number of nitrogens with zero attached hydrogens (tertiary/aromatic N) is 1. The van der Waals surface area contributed by atoms with Crippen molar-refractivity contribution < 1.29 is 14.1 Å². The van der Waals surface area contributed by atoms with Gasteiger partial charge in [-0.25, -0.2) is 0 Å². The van der Waals surface area contributed by atoms with Gasteiger partial charge in [0, 0.05) is 6.07 Å². The molecule has 0 aliphatic carbocycles. The molecule has 1 unspecified atom stereocenters. The predicted molar refractivity (Wildman–Crippen MR) is 96.2 cm³/mol. The second-order valence-electron chi connectivity index (χ2n) is 6.67. The Hall–Kier alpha value is -2.63. The fourth-order valence-electron chi connectivity index (χ4n) is 2.64. The highest BCUT2D eigenvalue weighted by molar-refractivity contribution is 5.97. The van der Waals surface area contributed by atoms with Gasteiger partial charge in [-0.2, -0.15) is 0 Å². The average molecular weight is 343 g/mol. The molecule has 2 rings (SSSR count). The summed E-state index contributed by atoms with van der Waals surface area (Å²) in [5, 5.41) is 9.13. The number of carbonyl (C=O) groups is 2. The van der Waals surface area contributed by atoms with E-state index < -0.39 is 6.04 Å². The molecule has 1 heterocycles. The fraction of sp³-hybridized carbons (Fsp3) is 0.421. The Morgan fingerprint density at radius 3 is 2.20 bits per heavy atom. The normalized spacial score (nSPS) is 13.4. The first-order valence-electron chi connectivity index (χ1n) is 8.39. The smallest absolute Gasteiger partial charge is 0.247 e. The summed E-state index contributed by atoms with van der Waals surface area (Å²) in [6.45, 7) is 9.38. The van der Waals surface area contributed by atoms with Gasteiger partial charge >= 0.3 is 0 Å². The first kappa shape index (κ1) is 18.7. The van der Waals surface area contributed by atoms with Crippen LogP contribution in [0.2, 0.25) is 0 Å². The van der Waals surface area contributed by atoms with Gasteiger partial charge in [-0.15, -0.1) is 0 Å². The van der Waals surface area contributed by atoms with E-state index in [1.165, 1.54) is 0 Å². The van der Waals surface area contributed by atoms with Crippen molar-refractivity contribution in [2.75, 3.05) is 5.32 Å². The van der Waals surface area contributed by atoms with Crippen LogP contribution in [0.5, 0.6) is 0 Å². The number of rotatable bonds is 6. The molecule has 25 heavy (non-hydrogen) atoms. The largest absolute Gasteiger partial charge is 0.360 e. The zero-order valence-corrected chi connectivity index (χ0v) is 15.3. The molecule has 134 valence electrons.